The summed E-state index contributed by atoms with van der Waals surface area (Å²) in [4.78, 5) is 14.4. The SMILES string of the molecule is CCOc1ccc(C(=O)N(CCOC)Cc2ccoc2)cc1. The predicted molar refractivity (Wildman–Crippen MR) is 82.9 cm³/mol. The van der Waals surface area contributed by atoms with E-state index in [-0.39, 0.29) is 5.91 Å². The second-order valence-electron chi connectivity index (χ2n) is 4.81. The minimum atomic E-state index is -0.0405. The minimum absolute atomic E-state index is 0.0405. The molecule has 0 unspecified atom stereocenters. The molecule has 0 aliphatic rings. The van der Waals surface area contributed by atoms with Crippen molar-refractivity contribution in [1.82, 2.24) is 4.90 Å². The largest absolute Gasteiger partial charge is 0.494 e. The van der Waals surface area contributed by atoms with Gasteiger partial charge in [0.25, 0.3) is 5.91 Å². The van der Waals surface area contributed by atoms with Gasteiger partial charge in [0.2, 0.25) is 0 Å². The number of amides is 1. The van der Waals surface area contributed by atoms with E-state index in [2.05, 4.69) is 0 Å². The van der Waals surface area contributed by atoms with Crippen LogP contribution >= 0.6 is 0 Å². The van der Waals surface area contributed by atoms with E-state index in [1.807, 2.05) is 25.1 Å². The molecule has 0 bridgehead atoms. The molecule has 0 atom stereocenters. The molecule has 0 aliphatic heterocycles. The number of hydrogen-bond donors (Lipinski definition) is 0. The molecule has 0 saturated heterocycles. The minimum Gasteiger partial charge on any atom is -0.494 e. The van der Waals surface area contributed by atoms with Gasteiger partial charge in [-0.2, -0.15) is 0 Å². The third kappa shape index (κ3) is 4.36. The fraction of sp³-hybridized carbons (Fsp3) is 0.353. The molecule has 1 aromatic heterocycles. The van der Waals surface area contributed by atoms with Gasteiger partial charge in [0, 0.05) is 31.3 Å². The Morgan fingerprint density at radius 2 is 2.00 bits per heavy atom. The normalized spacial score (nSPS) is 10.5. The van der Waals surface area contributed by atoms with Crippen molar-refractivity contribution in [3.63, 3.8) is 0 Å². The third-order valence-electron chi connectivity index (χ3n) is 3.22. The van der Waals surface area contributed by atoms with E-state index in [1.165, 1.54) is 0 Å². The summed E-state index contributed by atoms with van der Waals surface area (Å²) < 4.78 is 15.5. The molecule has 118 valence electrons. The van der Waals surface area contributed by atoms with Crippen molar-refractivity contribution in [3.05, 3.63) is 54.0 Å². The molecule has 22 heavy (non-hydrogen) atoms. The van der Waals surface area contributed by atoms with Crippen LogP contribution in [0.15, 0.2) is 47.3 Å². The molecule has 1 heterocycles. The van der Waals surface area contributed by atoms with E-state index in [1.54, 1.807) is 36.7 Å². The molecule has 0 saturated carbocycles. The summed E-state index contributed by atoms with van der Waals surface area (Å²) in [6.45, 7) is 4.03. The van der Waals surface area contributed by atoms with Gasteiger partial charge >= 0.3 is 0 Å². The molecule has 0 spiro atoms. The Kier molecular flexibility index (Phi) is 6.03. The molecule has 2 aromatic rings. The molecule has 0 radical (unpaired) electrons. The maximum atomic E-state index is 12.6. The molecule has 5 nitrogen and oxygen atoms in total. The quantitative estimate of drug-likeness (QED) is 0.752. The standard InChI is InChI=1S/C17H21NO4/c1-3-22-16-6-4-15(5-7-16)17(19)18(9-11-20-2)12-14-8-10-21-13-14/h4-8,10,13H,3,9,11-12H2,1-2H3. The summed E-state index contributed by atoms with van der Waals surface area (Å²) in [5, 5.41) is 0. The topological polar surface area (TPSA) is 51.9 Å². The van der Waals surface area contributed by atoms with E-state index < -0.39 is 0 Å². The Labute approximate surface area is 130 Å². The molecule has 1 amide bonds. The molecule has 5 heteroatoms. The number of furan rings is 1. The highest BCUT2D eigenvalue weighted by Crippen LogP contribution is 2.15. The van der Waals surface area contributed by atoms with E-state index in [4.69, 9.17) is 13.9 Å². The Morgan fingerprint density at radius 1 is 1.23 bits per heavy atom. The Morgan fingerprint density at radius 3 is 2.59 bits per heavy atom. The monoisotopic (exact) mass is 303 g/mol. The van der Waals surface area contributed by atoms with Crippen LogP contribution in [-0.2, 0) is 11.3 Å². The van der Waals surface area contributed by atoms with Crippen molar-refractivity contribution < 1.29 is 18.7 Å². The van der Waals surface area contributed by atoms with Gasteiger partial charge in [-0.05, 0) is 37.3 Å². The number of benzene rings is 1. The number of nitrogens with zero attached hydrogens (tertiary/aromatic N) is 1. The van der Waals surface area contributed by atoms with Crippen molar-refractivity contribution in [2.75, 3.05) is 26.9 Å². The lowest BCUT2D eigenvalue weighted by atomic mass is 10.1. The molecule has 2 rings (SSSR count). The third-order valence-corrected chi connectivity index (χ3v) is 3.22. The summed E-state index contributed by atoms with van der Waals surface area (Å²) in [5.41, 5.74) is 1.58. The van der Waals surface area contributed by atoms with Crippen LogP contribution in [-0.4, -0.2) is 37.7 Å². The fourth-order valence-electron chi connectivity index (χ4n) is 2.10. The lowest BCUT2D eigenvalue weighted by Gasteiger charge is -2.22. The van der Waals surface area contributed by atoms with Crippen LogP contribution in [0.1, 0.15) is 22.8 Å². The number of carbonyl (C=O) groups excluding carboxylic acids is 1. The summed E-state index contributed by atoms with van der Waals surface area (Å²) in [6.07, 6.45) is 3.25. The fourth-order valence-corrected chi connectivity index (χ4v) is 2.10. The lowest BCUT2D eigenvalue weighted by molar-refractivity contribution is 0.0680. The first-order valence-electron chi connectivity index (χ1n) is 7.26. The van der Waals surface area contributed by atoms with Gasteiger partial charge < -0.3 is 18.8 Å². The van der Waals surface area contributed by atoms with Crippen LogP contribution in [0.4, 0.5) is 0 Å². The van der Waals surface area contributed by atoms with Crippen LogP contribution in [0.25, 0.3) is 0 Å². The summed E-state index contributed by atoms with van der Waals surface area (Å²) >= 11 is 0. The lowest BCUT2D eigenvalue weighted by Crippen LogP contribution is -2.33. The van der Waals surface area contributed by atoms with Gasteiger partial charge in [0.15, 0.2) is 0 Å². The van der Waals surface area contributed by atoms with Crippen molar-refractivity contribution in [2.45, 2.75) is 13.5 Å². The van der Waals surface area contributed by atoms with Crippen molar-refractivity contribution in [3.8, 4) is 5.75 Å². The van der Waals surface area contributed by atoms with E-state index in [9.17, 15) is 4.79 Å². The van der Waals surface area contributed by atoms with Crippen molar-refractivity contribution in [1.29, 1.82) is 0 Å². The first-order chi connectivity index (χ1) is 10.7. The predicted octanol–water partition coefficient (Wildman–Crippen LogP) is 2.97. The molecule has 1 aromatic carbocycles. The van der Waals surface area contributed by atoms with Gasteiger partial charge in [-0.3, -0.25) is 4.79 Å². The highest BCUT2D eigenvalue weighted by Gasteiger charge is 2.16. The second-order valence-corrected chi connectivity index (χ2v) is 4.81. The van der Waals surface area contributed by atoms with E-state index >= 15 is 0 Å². The highest BCUT2D eigenvalue weighted by molar-refractivity contribution is 5.94. The van der Waals surface area contributed by atoms with Crippen LogP contribution in [0.2, 0.25) is 0 Å². The Balaban J connectivity index is 2.09. The molecule has 0 fully saturated rings. The average Bonchev–Trinajstić information content (AvgIpc) is 3.05. The Hall–Kier alpha value is -2.27. The number of rotatable bonds is 8. The maximum absolute atomic E-state index is 12.6. The van der Waals surface area contributed by atoms with Crippen LogP contribution in [0, 0.1) is 0 Å². The summed E-state index contributed by atoms with van der Waals surface area (Å²) in [7, 11) is 1.62. The number of methoxy groups -OCH3 is 1. The second kappa shape index (κ2) is 8.24. The van der Waals surface area contributed by atoms with Crippen molar-refractivity contribution in [2.24, 2.45) is 0 Å². The first kappa shape index (κ1) is 16.1. The Bertz CT molecular complexity index is 563. The van der Waals surface area contributed by atoms with E-state index in [0.29, 0.717) is 31.9 Å². The zero-order valence-electron chi connectivity index (χ0n) is 13.0. The molecule has 0 N–H and O–H groups in total. The highest BCUT2D eigenvalue weighted by atomic mass is 16.5. The van der Waals surface area contributed by atoms with Gasteiger partial charge in [-0.1, -0.05) is 0 Å². The summed E-state index contributed by atoms with van der Waals surface area (Å²) in [5.74, 6) is 0.721. The van der Waals surface area contributed by atoms with Crippen LogP contribution in [0.3, 0.4) is 0 Å². The molecule has 0 aliphatic carbocycles. The average molecular weight is 303 g/mol. The number of carbonyl (C=O) groups is 1. The zero-order valence-corrected chi connectivity index (χ0v) is 13.0. The van der Waals surface area contributed by atoms with Gasteiger partial charge in [0.1, 0.15) is 5.75 Å². The molecular weight excluding hydrogens is 282 g/mol. The van der Waals surface area contributed by atoms with Crippen LogP contribution in [0.5, 0.6) is 5.75 Å². The number of hydrogen-bond acceptors (Lipinski definition) is 4. The van der Waals surface area contributed by atoms with Gasteiger partial charge in [0.05, 0.1) is 25.7 Å². The summed E-state index contributed by atoms with van der Waals surface area (Å²) in [6, 6.07) is 9.03. The van der Waals surface area contributed by atoms with Gasteiger partial charge in [-0.25, -0.2) is 0 Å². The zero-order chi connectivity index (χ0) is 15.8. The number of ether oxygens (including phenoxy) is 2. The van der Waals surface area contributed by atoms with E-state index in [0.717, 1.165) is 11.3 Å². The van der Waals surface area contributed by atoms with Crippen molar-refractivity contribution >= 4 is 5.91 Å². The smallest absolute Gasteiger partial charge is 0.254 e. The van der Waals surface area contributed by atoms with Crippen LogP contribution < -0.4 is 4.74 Å². The molecular formula is C17H21NO4. The maximum Gasteiger partial charge on any atom is 0.254 e. The van der Waals surface area contributed by atoms with Gasteiger partial charge in [-0.15, -0.1) is 0 Å². The first-order valence-corrected chi connectivity index (χ1v) is 7.26.